The number of aryl methyl sites for hydroxylation is 2. The lowest BCUT2D eigenvalue weighted by Crippen LogP contribution is -2.26. The molecular formula is C22H21N3O3S2. The molecule has 8 heteroatoms. The molecule has 0 bridgehead atoms. The molecule has 0 unspecified atom stereocenters. The molecule has 2 aromatic heterocycles. The Bertz CT molecular complexity index is 1270. The Morgan fingerprint density at radius 3 is 2.50 bits per heavy atom. The second-order valence-electron chi connectivity index (χ2n) is 6.84. The van der Waals surface area contributed by atoms with Gasteiger partial charge in [-0.05, 0) is 48.1 Å². The topological polar surface area (TPSA) is 76.3 Å². The second-order valence-corrected chi connectivity index (χ2v) is 9.70. The number of rotatable bonds is 6. The van der Waals surface area contributed by atoms with Crippen LogP contribution in [0.5, 0.6) is 0 Å². The maximum Gasteiger partial charge on any atom is 0.269 e. The van der Waals surface area contributed by atoms with Gasteiger partial charge in [0, 0.05) is 12.6 Å². The molecule has 0 saturated heterocycles. The van der Waals surface area contributed by atoms with E-state index in [2.05, 4.69) is 17.1 Å². The molecule has 0 fully saturated rings. The first-order valence-corrected chi connectivity index (χ1v) is 11.8. The number of nitrogens with zero attached hydrogens (tertiary/aromatic N) is 3. The number of thiophene rings is 1. The van der Waals surface area contributed by atoms with Gasteiger partial charge >= 0.3 is 0 Å². The van der Waals surface area contributed by atoms with E-state index in [9.17, 15) is 8.42 Å². The Morgan fingerprint density at radius 1 is 1.07 bits per heavy atom. The minimum atomic E-state index is -3.79. The fourth-order valence-corrected chi connectivity index (χ4v) is 5.64. The summed E-state index contributed by atoms with van der Waals surface area (Å²) in [7, 11) is -2.25. The van der Waals surface area contributed by atoms with Crippen LogP contribution >= 0.6 is 11.3 Å². The summed E-state index contributed by atoms with van der Waals surface area (Å²) in [6.45, 7) is 4.02. The molecule has 0 saturated carbocycles. The quantitative estimate of drug-likeness (QED) is 0.415. The molecule has 4 rings (SSSR count). The van der Waals surface area contributed by atoms with E-state index in [1.807, 2.05) is 55.5 Å². The zero-order valence-electron chi connectivity index (χ0n) is 16.9. The van der Waals surface area contributed by atoms with E-state index < -0.39 is 10.0 Å². The lowest BCUT2D eigenvalue weighted by atomic mass is 10.1. The summed E-state index contributed by atoms with van der Waals surface area (Å²) < 4.78 is 33.3. The molecule has 154 valence electrons. The van der Waals surface area contributed by atoms with E-state index in [1.165, 1.54) is 15.6 Å². The van der Waals surface area contributed by atoms with Gasteiger partial charge in [0.05, 0.1) is 5.69 Å². The van der Waals surface area contributed by atoms with Gasteiger partial charge < -0.3 is 4.52 Å². The zero-order valence-corrected chi connectivity index (χ0v) is 18.5. The molecular weight excluding hydrogens is 418 g/mol. The number of benzene rings is 2. The van der Waals surface area contributed by atoms with Crippen molar-refractivity contribution in [3.05, 3.63) is 71.1 Å². The molecule has 0 spiro atoms. The van der Waals surface area contributed by atoms with E-state index in [0.29, 0.717) is 16.4 Å². The van der Waals surface area contributed by atoms with Gasteiger partial charge in [-0.15, -0.1) is 11.3 Å². The van der Waals surface area contributed by atoms with Crippen molar-refractivity contribution >= 4 is 27.0 Å². The lowest BCUT2D eigenvalue weighted by Gasteiger charge is -2.19. The highest BCUT2D eigenvalue weighted by Gasteiger charge is 2.28. The smallest absolute Gasteiger partial charge is 0.269 e. The van der Waals surface area contributed by atoms with Gasteiger partial charge in [-0.2, -0.15) is 4.98 Å². The Hall–Kier alpha value is -2.97. The fourth-order valence-electron chi connectivity index (χ4n) is 3.13. The number of sulfonamides is 1. The fraction of sp³-hybridized carbons (Fsp3) is 0.182. The molecule has 0 radical (unpaired) electrons. The van der Waals surface area contributed by atoms with Crippen LogP contribution in [0.25, 0.3) is 22.2 Å². The largest absolute Gasteiger partial charge is 0.333 e. The first-order chi connectivity index (χ1) is 14.4. The van der Waals surface area contributed by atoms with Crippen LogP contribution in [-0.4, -0.2) is 25.6 Å². The minimum Gasteiger partial charge on any atom is -0.333 e. The summed E-state index contributed by atoms with van der Waals surface area (Å²) in [6.07, 6.45) is 0.895. The molecule has 30 heavy (non-hydrogen) atoms. The first-order valence-electron chi connectivity index (χ1n) is 9.47. The van der Waals surface area contributed by atoms with E-state index >= 15 is 0 Å². The molecule has 4 aromatic rings. The Kier molecular flexibility index (Phi) is 5.44. The predicted octanol–water partition coefficient (Wildman–Crippen LogP) is 5.16. The van der Waals surface area contributed by atoms with E-state index in [-0.39, 0.29) is 10.8 Å². The molecule has 0 aliphatic rings. The van der Waals surface area contributed by atoms with Crippen molar-refractivity contribution in [1.82, 2.24) is 10.1 Å². The zero-order chi connectivity index (χ0) is 21.3. The van der Waals surface area contributed by atoms with Crippen LogP contribution in [0.15, 0.2) is 69.4 Å². The molecule has 0 aliphatic heterocycles. The van der Waals surface area contributed by atoms with Gasteiger partial charge in [-0.1, -0.05) is 48.5 Å². The van der Waals surface area contributed by atoms with Crippen molar-refractivity contribution in [2.45, 2.75) is 25.2 Å². The second kappa shape index (κ2) is 8.04. The normalized spacial score (nSPS) is 11.6. The summed E-state index contributed by atoms with van der Waals surface area (Å²) in [4.78, 5) is 5.04. The molecule has 0 atom stereocenters. The third kappa shape index (κ3) is 3.64. The van der Waals surface area contributed by atoms with Gasteiger partial charge in [0.1, 0.15) is 9.77 Å². The van der Waals surface area contributed by atoms with Crippen LogP contribution in [0.1, 0.15) is 18.1 Å². The van der Waals surface area contributed by atoms with Crippen LogP contribution in [0, 0.1) is 6.92 Å². The average Bonchev–Trinajstić information content (AvgIpc) is 3.43. The number of aromatic nitrogens is 2. The maximum absolute atomic E-state index is 13.3. The van der Waals surface area contributed by atoms with Crippen LogP contribution in [-0.2, 0) is 16.4 Å². The van der Waals surface area contributed by atoms with Crippen LogP contribution in [0.3, 0.4) is 0 Å². The number of anilines is 1. The summed E-state index contributed by atoms with van der Waals surface area (Å²) in [5, 5.41) is 5.78. The maximum atomic E-state index is 13.3. The first kappa shape index (κ1) is 20.3. The Morgan fingerprint density at radius 2 is 1.80 bits per heavy atom. The highest BCUT2D eigenvalue weighted by atomic mass is 32.2. The highest BCUT2D eigenvalue weighted by Crippen LogP contribution is 2.35. The molecule has 0 N–H and O–H groups in total. The van der Waals surface area contributed by atoms with Crippen LogP contribution < -0.4 is 4.31 Å². The van der Waals surface area contributed by atoms with Gasteiger partial charge in [-0.3, -0.25) is 4.31 Å². The van der Waals surface area contributed by atoms with Gasteiger partial charge in [0.25, 0.3) is 15.9 Å². The van der Waals surface area contributed by atoms with Gasteiger partial charge in [-0.25, -0.2) is 8.42 Å². The number of hydrogen-bond donors (Lipinski definition) is 0. The third-order valence-electron chi connectivity index (χ3n) is 4.98. The monoisotopic (exact) mass is 439 g/mol. The van der Waals surface area contributed by atoms with Crippen molar-refractivity contribution in [2.24, 2.45) is 0 Å². The lowest BCUT2D eigenvalue weighted by molar-refractivity contribution is 0.432. The Balaban J connectivity index is 1.70. The minimum absolute atomic E-state index is 0.148. The summed E-state index contributed by atoms with van der Waals surface area (Å²) in [5.41, 5.74) is 3.60. The standard InChI is InChI=1S/C22H21N3O3S2/c1-4-16-9-11-17(12-10-16)25(3)30(26,27)19-13-14-29-20(19)22-23-21(24-28-22)18-8-6-5-7-15(18)2/h5-14H,4H2,1-3H3. The van der Waals surface area contributed by atoms with Crippen molar-refractivity contribution in [2.75, 3.05) is 11.4 Å². The van der Waals surface area contributed by atoms with E-state index in [0.717, 1.165) is 23.1 Å². The summed E-state index contributed by atoms with van der Waals surface area (Å²) in [6, 6.07) is 16.8. The Labute approximate surface area is 179 Å². The molecule has 0 amide bonds. The molecule has 6 nitrogen and oxygen atoms in total. The van der Waals surface area contributed by atoms with Gasteiger partial charge in [0.15, 0.2) is 0 Å². The SMILES string of the molecule is CCc1ccc(N(C)S(=O)(=O)c2ccsc2-c2nc(-c3ccccc3C)no2)cc1. The van der Waals surface area contributed by atoms with Crippen LogP contribution in [0.4, 0.5) is 5.69 Å². The summed E-state index contributed by atoms with van der Waals surface area (Å²) in [5.74, 6) is 0.625. The van der Waals surface area contributed by atoms with Crippen molar-refractivity contribution < 1.29 is 12.9 Å². The van der Waals surface area contributed by atoms with E-state index in [4.69, 9.17) is 4.52 Å². The van der Waals surface area contributed by atoms with Crippen LogP contribution in [0.2, 0.25) is 0 Å². The number of hydrogen-bond acceptors (Lipinski definition) is 6. The average molecular weight is 440 g/mol. The predicted molar refractivity (Wildman–Crippen MR) is 119 cm³/mol. The van der Waals surface area contributed by atoms with Crippen molar-refractivity contribution in [3.63, 3.8) is 0 Å². The van der Waals surface area contributed by atoms with E-state index in [1.54, 1.807) is 18.5 Å². The highest BCUT2D eigenvalue weighted by molar-refractivity contribution is 7.93. The molecule has 2 heterocycles. The molecule has 0 aliphatic carbocycles. The van der Waals surface area contributed by atoms with Crippen molar-refractivity contribution in [3.8, 4) is 22.2 Å². The van der Waals surface area contributed by atoms with Crippen molar-refractivity contribution in [1.29, 1.82) is 0 Å². The summed E-state index contributed by atoms with van der Waals surface area (Å²) >= 11 is 1.26. The van der Waals surface area contributed by atoms with Gasteiger partial charge in [0.2, 0.25) is 5.82 Å². The third-order valence-corrected chi connectivity index (χ3v) is 7.84. The molecule has 2 aromatic carbocycles.